The molecule has 1 N–H and O–H groups in total. The highest BCUT2D eigenvalue weighted by atomic mass is 19.4. The summed E-state index contributed by atoms with van der Waals surface area (Å²) in [6.45, 7) is -0.156. The number of hydrogen-bond donors (Lipinski definition) is 1. The molecule has 3 aromatic heterocycles. The zero-order valence-corrected chi connectivity index (χ0v) is 16.2. The Bertz CT molecular complexity index is 1110. The van der Waals surface area contributed by atoms with Crippen LogP contribution in [-0.2, 0) is 17.5 Å². The van der Waals surface area contributed by atoms with Crippen molar-refractivity contribution in [2.75, 3.05) is 23.3 Å². The van der Waals surface area contributed by atoms with Crippen LogP contribution < -0.4 is 10.2 Å². The minimum absolute atomic E-state index is 0.0780. The second-order valence-electron chi connectivity index (χ2n) is 6.91. The molecule has 0 aliphatic carbocycles. The number of pyridine rings is 1. The number of rotatable bonds is 5. The van der Waals surface area contributed by atoms with E-state index in [0.717, 1.165) is 6.20 Å². The van der Waals surface area contributed by atoms with Crippen molar-refractivity contribution in [2.45, 2.75) is 31.6 Å². The lowest BCUT2D eigenvalue weighted by Crippen LogP contribution is -2.28. The Balaban J connectivity index is 1.60. The van der Waals surface area contributed by atoms with Gasteiger partial charge in [-0.3, -0.25) is 9.72 Å². The Morgan fingerprint density at radius 1 is 1.12 bits per heavy atom. The Morgan fingerprint density at radius 2 is 1.94 bits per heavy atom. The second kappa shape index (κ2) is 8.33. The van der Waals surface area contributed by atoms with E-state index in [1.54, 1.807) is 0 Å². The van der Waals surface area contributed by atoms with Gasteiger partial charge in [-0.1, -0.05) is 6.07 Å². The molecule has 14 heteroatoms. The number of fused-ring (bicyclic) bond motifs is 1. The zero-order valence-electron chi connectivity index (χ0n) is 16.2. The van der Waals surface area contributed by atoms with E-state index in [4.69, 9.17) is 0 Å². The molecule has 4 heterocycles. The third-order valence-electron chi connectivity index (χ3n) is 4.70. The van der Waals surface area contributed by atoms with Crippen LogP contribution in [0.2, 0.25) is 0 Å². The summed E-state index contributed by atoms with van der Waals surface area (Å²) in [7, 11) is 0. The molecule has 1 unspecified atom stereocenters. The summed E-state index contributed by atoms with van der Waals surface area (Å²) in [5.41, 5.74) is -0.950. The van der Waals surface area contributed by atoms with Gasteiger partial charge in [-0.2, -0.15) is 23.1 Å². The van der Waals surface area contributed by atoms with Crippen LogP contribution in [0.15, 0.2) is 30.9 Å². The number of aromatic nitrogens is 5. The van der Waals surface area contributed by atoms with Crippen molar-refractivity contribution in [1.29, 1.82) is 0 Å². The molecule has 1 fully saturated rings. The fourth-order valence-electron chi connectivity index (χ4n) is 3.35. The van der Waals surface area contributed by atoms with Crippen LogP contribution >= 0.6 is 0 Å². The molecule has 0 bridgehead atoms. The van der Waals surface area contributed by atoms with Gasteiger partial charge < -0.3 is 10.2 Å². The highest BCUT2D eigenvalue weighted by molar-refractivity contribution is 5.86. The van der Waals surface area contributed by atoms with Gasteiger partial charge in [-0.15, -0.1) is 13.2 Å². The van der Waals surface area contributed by atoms with Crippen molar-refractivity contribution in [3.05, 3.63) is 42.1 Å². The third-order valence-corrected chi connectivity index (χ3v) is 4.70. The average molecular weight is 459 g/mol. The number of nitrogens with one attached hydrogen (secondary N) is 1. The highest BCUT2D eigenvalue weighted by Crippen LogP contribution is 2.31. The largest absolute Gasteiger partial charge is 0.522 e. The van der Waals surface area contributed by atoms with E-state index in [2.05, 4.69) is 35.0 Å². The monoisotopic (exact) mass is 459 g/mol. The van der Waals surface area contributed by atoms with Gasteiger partial charge in [0.05, 0.1) is 11.5 Å². The molecule has 32 heavy (non-hydrogen) atoms. The lowest BCUT2D eigenvalue weighted by molar-refractivity contribution is -0.339. The fraction of sp³-hybridized carbons (Fsp3) is 0.389. The summed E-state index contributed by atoms with van der Waals surface area (Å²) in [6, 6.07) is 2.66. The number of alkyl halides is 6. The molecule has 170 valence electrons. The van der Waals surface area contributed by atoms with Crippen molar-refractivity contribution in [3.8, 4) is 0 Å². The number of ether oxygens (including phenoxy) is 1. The first-order chi connectivity index (χ1) is 15.1. The van der Waals surface area contributed by atoms with Gasteiger partial charge >= 0.3 is 12.5 Å². The van der Waals surface area contributed by atoms with Gasteiger partial charge in [0, 0.05) is 37.6 Å². The number of hydrogen-bond acceptors (Lipinski definition) is 8. The summed E-state index contributed by atoms with van der Waals surface area (Å²) in [5.74, 6) is 0.219. The van der Waals surface area contributed by atoms with Crippen LogP contribution in [0.5, 0.6) is 0 Å². The predicted molar refractivity (Wildman–Crippen MR) is 99.5 cm³/mol. The van der Waals surface area contributed by atoms with E-state index in [0.29, 0.717) is 5.39 Å². The molecule has 0 radical (unpaired) electrons. The first kappa shape index (κ1) is 21.9. The van der Waals surface area contributed by atoms with Gasteiger partial charge in [-0.25, -0.2) is 9.97 Å². The maximum atomic E-state index is 13.2. The summed E-state index contributed by atoms with van der Waals surface area (Å²) in [4.78, 5) is 21.4. The molecule has 8 nitrogen and oxygen atoms in total. The van der Waals surface area contributed by atoms with Crippen LogP contribution in [0.4, 0.5) is 38.1 Å². The van der Waals surface area contributed by atoms with E-state index >= 15 is 0 Å². The summed E-state index contributed by atoms with van der Waals surface area (Å²) >= 11 is 0. The SMILES string of the molecule is FC(F)(F)OC1CCN(c2nc(NCc3cccnc3C(F)(F)F)c3cncnc3n2)C1. The number of nitrogens with zero attached hydrogens (tertiary/aromatic N) is 6. The van der Waals surface area contributed by atoms with Crippen molar-refractivity contribution in [2.24, 2.45) is 0 Å². The molecule has 1 aliphatic heterocycles. The molecule has 0 amide bonds. The molecular weight excluding hydrogens is 444 g/mol. The van der Waals surface area contributed by atoms with E-state index in [1.165, 1.54) is 29.6 Å². The Labute approximate surface area is 176 Å². The first-order valence-electron chi connectivity index (χ1n) is 9.32. The second-order valence-corrected chi connectivity index (χ2v) is 6.91. The van der Waals surface area contributed by atoms with Crippen LogP contribution in [0, 0.1) is 0 Å². The predicted octanol–water partition coefficient (Wildman–Crippen LogP) is 3.56. The maximum Gasteiger partial charge on any atom is 0.522 e. The van der Waals surface area contributed by atoms with Gasteiger partial charge in [0.2, 0.25) is 5.95 Å². The Hall–Kier alpha value is -3.29. The van der Waals surface area contributed by atoms with Crippen molar-refractivity contribution >= 4 is 22.8 Å². The lowest BCUT2D eigenvalue weighted by atomic mass is 10.2. The van der Waals surface area contributed by atoms with Gasteiger partial charge in [0.25, 0.3) is 0 Å². The smallest absolute Gasteiger partial charge is 0.365 e. The van der Waals surface area contributed by atoms with Crippen LogP contribution in [0.3, 0.4) is 0 Å². The van der Waals surface area contributed by atoms with E-state index < -0.39 is 24.3 Å². The number of anilines is 2. The van der Waals surface area contributed by atoms with Crippen LogP contribution in [0.1, 0.15) is 17.7 Å². The van der Waals surface area contributed by atoms with E-state index in [-0.39, 0.29) is 49.0 Å². The van der Waals surface area contributed by atoms with E-state index in [9.17, 15) is 26.3 Å². The molecule has 0 aromatic carbocycles. The minimum atomic E-state index is -4.76. The van der Waals surface area contributed by atoms with Gasteiger partial charge in [-0.05, 0) is 12.5 Å². The minimum Gasteiger partial charge on any atom is -0.365 e. The van der Waals surface area contributed by atoms with Gasteiger partial charge in [0.1, 0.15) is 17.8 Å². The summed E-state index contributed by atoms with van der Waals surface area (Å²) in [5, 5.41) is 3.16. The maximum absolute atomic E-state index is 13.2. The topological polar surface area (TPSA) is 89.0 Å². The van der Waals surface area contributed by atoms with Crippen molar-refractivity contribution < 1.29 is 31.1 Å². The third kappa shape index (κ3) is 4.95. The molecule has 1 saturated heterocycles. The van der Waals surface area contributed by atoms with E-state index in [1.807, 2.05) is 0 Å². The molecule has 3 aromatic rings. The lowest BCUT2D eigenvalue weighted by Gasteiger charge is -2.19. The first-order valence-corrected chi connectivity index (χ1v) is 9.32. The van der Waals surface area contributed by atoms with Crippen molar-refractivity contribution in [3.63, 3.8) is 0 Å². The van der Waals surface area contributed by atoms with Gasteiger partial charge in [0.15, 0.2) is 5.65 Å². The summed E-state index contributed by atoms with van der Waals surface area (Å²) in [6.07, 6.45) is -6.70. The molecule has 0 spiro atoms. The average Bonchev–Trinajstić information content (AvgIpc) is 3.18. The highest BCUT2D eigenvalue weighted by Gasteiger charge is 2.37. The quantitative estimate of drug-likeness (QED) is 0.580. The normalized spacial score (nSPS) is 17.2. The molecule has 1 atom stereocenters. The Kier molecular flexibility index (Phi) is 5.71. The molecular formula is C18H15F6N7O. The van der Waals surface area contributed by atoms with Crippen molar-refractivity contribution in [1.82, 2.24) is 24.9 Å². The fourth-order valence-corrected chi connectivity index (χ4v) is 3.35. The van der Waals surface area contributed by atoms with Crippen LogP contribution in [0.25, 0.3) is 11.0 Å². The number of halogens is 6. The standard InChI is InChI=1S/C18H15F6N7O/c19-17(20,21)13-10(2-1-4-26-13)6-27-14-12-7-25-9-28-15(12)30-16(29-14)31-5-3-11(8-31)32-18(22,23)24/h1-2,4,7,9,11H,3,5-6,8H2,(H,25,27,28,29,30). The molecule has 0 saturated carbocycles. The molecule has 1 aliphatic rings. The Morgan fingerprint density at radius 3 is 2.69 bits per heavy atom. The summed E-state index contributed by atoms with van der Waals surface area (Å²) < 4.78 is 81.2. The van der Waals surface area contributed by atoms with Crippen LogP contribution in [-0.4, -0.2) is 50.5 Å². The molecule has 4 rings (SSSR count). The zero-order chi connectivity index (χ0) is 22.9.